The summed E-state index contributed by atoms with van der Waals surface area (Å²) in [7, 11) is 0. The van der Waals surface area contributed by atoms with E-state index in [-0.39, 0.29) is 16.7 Å². The molecule has 0 bridgehead atoms. The smallest absolute Gasteiger partial charge is 0.238 e. The van der Waals surface area contributed by atoms with Gasteiger partial charge >= 0.3 is 0 Å². The van der Waals surface area contributed by atoms with Crippen molar-refractivity contribution in [3.8, 4) is 0 Å². The molecule has 0 aliphatic carbocycles. The maximum absolute atomic E-state index is 12.2. The van der Waals surface area contributed by atoms with E-state index in [1.165, 1.54) is 29.3 Å². The average Bonchev–Trinajstić information content (AvgIpc) is 2.86. The molecule has 1 atom stereocenters. The minimum absolute atomic E-state index is 0.0787. The van der Waals surface area contributed by atoms with E-state index < -0.39 is 0 Å². The number of rotatable bonds is 5. The van der Waals surface area contributed by atoms with Crippen LogP contribution in [0.5, 0.6) is 0 Å². The summed E-state index contributed by atoms with van der Waals surface area (Å²) in [6.45, 7) is 7.97. The van der Waals surface area contributed by atoms with Gasteiger partial charge in [0.25, 0.3) is 0 Å². The minimum Gasteiger partial charge on any atom is -0.355 e. The Morgan fingerprint density at radius 3 is 2.70 bits per heavy atom. The number of carbonyl (C=O) groups is 1. The number of carbonyl (C=O) groups excluding carboxylic acids is 1. The standard InChI is InChI=1S/C14H18ClN5OS2/c1-8(11(21)17-10-6-5-9(15)7-16-10)22-13-20-19-12(23-13)18-14(2,3)4/h5-8H,1-4H3,(H,18,19)(H,16,17,21). The van der Waals surface area contributed by atoms with E-state index in [9.17, 15) is 4.79 Å². The number of pyridine rings is 1. The van der Waals surface area contributed by atoms with Crippen molar-refractivity contribution in [1.29, 1.82) is 0 Å². The summed E-state index contributed by atoms with van der Waals surface area (Å²) >= 11 is 8.56. The molecule has 124 valence electrons. The van der Waals surface area contributed by atoms with Gasteiger partial charge in [-0.1, -0.05) is 34.7 Å². The van der Waals surface area contributed by atoms with Crippen molar-refractivity contribution in [2.45, 2.75) is 42.8 Å². The van der Waals surface area contributed by atoms with Crippen LogP contribution in [0.3, 0.4) is 0 Å². The van der Waals surface area contributed by atoms with E-state index in [0.29, 0.717) is 10.8 Å². The lowest BCUT2D eigenvalue weighted by atomic mass is 10.1. The SMILES string of the molecule is CC(Sc1nnc(NC(C)(C)C)s1)C(=O)Nc1ccc(Cl)cn1. The zero-order valence-electron chi connectivity index (χ0n) is 13.3. The van der Waals surface area contributed by atoms with Crippen LogP contribution in [0.25, 0.3) is 0 Å². The summed E-state index contributed by atoms with van der Waals surface area (Å²) < 4.78 is 0.739. The van der Waals surface area contributed by atoms with E-state index in [4.69, 9.17) is 11.6 Å². The molecule has 2 N–H and O–H groups in total. The van der Waals surface area contributed by atoms with Gasteiger partial charge in [0.15, 0.2) is 4.34 Å². The number of hydrogen-bond acceptors (Lipinski definition) is 7. The Labute approximate surface area is 148 Å². The molecule has 0 aliphatic rings. The zero-order chi connectivity index (χ0) is 17.0. The van der Waals surface area contributed by atoms with Crippen LogP contribution >= 0.6 is 34.7 Å². The monoisotopic (exact) mass is 371 g/mol. The summed E-state index contributed by atoms with van der Waals surface area (Å²) in [6, 6.07) is 3.34. The fourth-order valence-electron chi connectivity index (χ4n) is 1.51. The summed E-state index contributed by atoms with van der Waals surface area (Å²) in [5, 5.41) is 15.1. The molecule has 0 spiro atoms. The number of anilines is 2. The molecular weight excluding hydrogens is 354 g/mol. The first-order valence-corrected chi connectivity index (χ1v) is 9.01. The molecule has 2 aromatic heterocycles. The highest BCUT2D eigenvalue weighted by Crippen LogP contribution is 2.30. The van der Waals surface area contributed by atoms with E-state index in [1.807, 2.05) is 6.92 Å². The largest absolute Gasteiger partial charge is 0.355 e. The number of amides is 1. The highest BCUT2D eigenvalue weighted by atomic mass is 35.5. The molecule has 1 unspecified atom stereocenters. The summed E-state index contributed by atoms with van der Waals surface area (Å²) in [5.41, 5.74) is -0.0787. The topological polar surface area (TPSA) is 79.8 Å². The highest BCUT2D eigenvalue weighted by molar-refractivity contribution is 8.02. The van der Waals surface area contributed by atoms with Gasteiger partial charge in [-0.3, -0.25) is 4.79 Å². The van der Waals surface area contributed by atoms with E-state index >= 15 is 0 Å². The zero-order valence-corrected chi connectivity index (χ0v) is 15.6. The van der Waals surface area contributed by atoms with Crippen molar-refractivity contribution < 1.29 is 4.79 Å². The fourth-order valence-corrected chi connectivity index (χ4v) is 3.73. The Hall–Kier alpha value is -1.38. The van der Waals surface area contributed by atoms with Gasteiger partial charge in [0.2, 0.25) is 11.0 Å². The lowest BCUT2D eigenvalue weighted by Gasteiger charge is -2.18. The van der Waals surface area contributed by atoms with Crippen molar-refractivity contribution in [2.24, 2.45) is 0 Å². The number of hydrogen-bond donors (Lipinski definition) is 2. The molecule has 2 rings (SSSR count). The predicted octanol–water partition coefficient (Wildman–Crippen LogP) is 3.92. The van der Waals surface area contributed by atoms with Crippen LogP contribution in [0.1, 0.15) is 27.7 Å². The minimum atomic E-state index is -0.317. The second-order valence-electron chi connectivity index (χ2n) is 5.86. The number of nitrogens with zero attached hydrogens (tertiary/aromatic N) is 3. The van der Waals surface area contributed by atoms with Crippen molar-refractivity contribution in [3.63, 3.8) is 0 Å². The van der Waals surface area contributed by atoms with Gasteiger partial charge in [0.1, 0.15) is 5.82 Å². The molecule has 0 saturated heterocycles. The van der Waals surface area contributed by atoms with Crippen LogP contribution in [0.2, 0.25) is 5.02 Å². The molecule has 9 heteroatoms. The Balaban J connectivity index is 1.92. The van der Waals surface area contributed by atoms with Crippen molar-refractivity contribution in [1.82, 2.24) is 15.2 Å². The summed E-state index contributed by atoms with van der Waals surface area (Å²) in [5.74, 6) is 0.324. The second-order valence-corrected chi connectivity index (χ2v) is 8.86. The molecule has 0 aliphatic heterocycles. The van der Waals surface area contributed by atoms with Crippen LogP contribution < -0.4 is 10.6 Å². The van der Waals surface area contributed by atoms with E-state index in [0.717, 1.165) is 9.47 Å². The Kier molecular flexibility index (Phi) is 5.83. The Morgan fingerprint density at radius 2 is 2.09 bits per heavy atom. The van der Waals surface area contributed by atoms with E-state index in [2.05, 4.69) is 46.6 Å². The van der Waals surface area contributed by atoms with Gasteiger partial charge in [-0.15, -0.1) is 10.2 Å². The molecule has 6 nitrogen and oxygen atoms in total. The molecule has 0 aromatic carbocycles. The number of thioether (sulfide) groups is 1. The van der Waals surface area contributed by atoms with Gasteiger partial charge < -0.3 is 10.6 Å². The van der Waals surface area contributed by atoms with Gasteiger partial charge in [-0.2, -0.15) is 0 Å². The molecule has 1 amide bonds. The summed E-state index contributed by atoms with van der Waals surface area (Å²) in [4.78, 5) is 16.2. The number of aromatic nitrogens is 3. The fraction of sp³-hybridized carbons (Fsp3) is 0.429. The lowest BCUT2D eigenvalue weighted by molar-refractivity contribution is -0.115. The van der Waals surface area contributed by atoms with Crippen LogP contribution in [-0.4, -0.2) is 31.9 Å². The predicted molar refractivity (Wildman–Crippen MR) is 96.5 cm³/mol. The second kappa shape index (κ2) is 7.46. The van der Waals surface area contributed by atoms with Crippen LogP contribution in [0.15, 0.2) is 22.7 Å². The number of halogens is 1. The first kappa shape index (κ1) is 18.0. The first-order chi connectivity index (χ1) is 10.7. The van der Waals surface area contributed by atoms with Gasteiger partial charge in [-0.05, 0) is 39.8 Å². The van der Waals surface area contributed by atoms with E-state index in [1.54, 1.807) is 12.1 Å². The van der Waals surface area contributed by atoms with Crippen LogP contribution in [0.4, 0.5) is 10.9 Å². The van der Waals surface area contributed by atoms with Crippen LogP contribution in [-0.2, 0) is 4.79 Å². The van der Waals surface area contributed by atoms with Crippen molar-refractivity contribution in [3.05, 3.63) is 23.4 Å². The van der Waals surface area contributed by atoms with Crippen molar-refractivity contribution in [2.75, 3.05) is 10.6 Å². The molecular formula is C14H18ClN5OS2. The number of nitrogens with one attached hydrogen (secondary N) is 2. The Bertz CT molecular complexity index is 669. The molecule has 0 saturated carbocycles. The molecule has 0 radical (unpaired) electrons. The van der Waals surface area contributed by atoms with Gasteiger partial charge in [-0.25, -0.2) is 4.98 Å². The first-order valence-electron chi connectivity index (χ1n) is 6.94. The third-order valence-corrected chi connectivity index (χ3v) is 4.76. The average molecular weight is 372 g/mol. The van der Waals surface area contributed by atoms with Gasteiger partial charge in [0, 0.05) is 11.7 Å². The van der Waals surface area contributed by atoms with Crippen LogP contribution in [0, 0.1) is 0 Å². The third-order valence-electron chi connectivity index (χ3n) is 2.51. The highest BCUT2D eigenvalue weighted by Gasteiger charge is 2.19. The quantitative estimate of drug-likeness (QED) is 0.775. The maximum Gasteiger partial charge on any atom is 0.238 e. The maximum atomic E-state index is 12.2. The molecule has 2 heterocycles. The normalized spacial score (nSPS) is 12.7. The summed E-state index contributed by atoms with van der Waals surface area (Å²) in [6.07, 6.45) is 1.49. The van der Waals surface area contributed by atoms with Gasteiger partial charge in [0.05, 0.1) is 10.3 Å². The molecule has 23 heavy (non-hydrogen) atoms. The molecule has 0 fully saturated rings. The lowest BCUT2D eigenvalue weighted by Crippen LogP contribution is -2.25. The van der Waals surface area contributed by atoms with Crippen molar-refractivity contribution >= 4 is 51.6 Å². The molecule has 2 aromatic rings. The third kappa shape index (κ3) is 5.96. The Morgan fingerprint density at radius 1 is 1.35 bits per heavy atom.